The number of hydrogen-bond donors (Lipinski definition) is 0. The highest BCUT2D eigenvalue weighted by molar-refractivity contribution is 7.36. The summed E-state index contributed by atoms with van der Waals surface area (Å²) < 4.78 is 11.6. The monoisotopic (exact) mass is 236 g/mol. The van der Waals surface area contributed by atoms with E-state index in [0.29, 0.717) is 0 Å². The Hall–Kier alpha value is 0.567. The Labute approximate surface area is 91.8 Å². The smallest absolute Gasteiger partial charge is 0.337 e. The van der Waals surface area contributed by atoms with Crippen LogP contribution in [-0.4, -0.2) is 35.1 Å². The van der Waals surface area contributed by atoms with Gasteiger partial charge in [0.15, 0.2) is 0 Å². The fraction of sp³-hybridized carbons (Fsp3) is 1.00. The van der Waals surface area contributed by atoms with E-state index in [1.165, 1.54) is 18.6 Å². The van der Waals surface area contributed by atoms with Gasteiger partial charge in [-0.15, -0.1) is 8.58 Å². The van der Waals surface area contributed by atoms with E-state index in [2.05, 4.69) is 20.5 Å². The van der Waals surface area contributed by atoms with Crippen molar-refractivity contribution >= 4 is 17.1 Å². The molecule has 0 aromatic heterocycles. The van der Waals surface area contributed by atoms with E-state index in [1.807, 2.05) is 7.11 Å². The van der Waals surface area contributed by atoms with E-state index in [0.717, 1.165) is 27.7 Å². The molecule has 0 aromatic rings. The summed E-state index contributed by atoms with van der Waals surface area (Å²) in [6.45, 7) is 7.47. The van der Waals surface area contributed by atoms with Crippen molar-refractivity contribution in [1.82, 2.24) is 0 Å². The second kappa shape index (κ2) is 8.84. The molecule has 0 aliphatic carbocycles. The van der Waals surface area contributed by atoms with E-state index in [4.69, 9.17) is 8.85 Å². The van der Waals surface area contributed by atoms with Gasteiger partial charge in [0, 0.05) is 13.7 Å². The van der Waals surface area contributed by atoms with Crippen molar-refractivity contribution in [1.29, 1.82) is 0 Å². The van der Waals surface area contributed by atoms with E-state index >= 15 is 0 Å². The maximum Gasteiger partial charge on any atom is 0.337 e. The van der Waals surface area contributed by atoms with Crippen LogP contribution in [0.5, 0.6) is 0 Å². The first kappa shape index (κ1) is 14.6. The fourth-order valence-electron chi connectivity index (χ4n) is 1.48. The van der Waals surface area contributed by atoms with Crippen molar-refractivity contribution in [2.24, 2.45) is 0 Å². The van der Waals surface area contributed by atoms with Gasteiger partial charge in [-0.25, -0.2) is 0 Å². The van der Waals surface area contributed by atoms with Crippen LogP contribution < -0.4 is 0 Å². The fourth-order valence-corrected chi connectivity index (χ4v) is 4.97. The number of rotatable bonds is 9. The third kappa shape index (κ3) is 5.45. The minimum atomic E-state index is -1.80. The first-order chi connectivity index (χ1) is 6.74. The predicted octanol–water partition coefficient (Wildman–Crippen LogP) is 3.22. The molecule has 0 saturated heterocycles. The first-order valence-corrected chi connectivity index (χ1v) is 9.52. The Bertz CT molecular complexity index is 129. The van der Waals surface area contributed by atoms with Crippen molar-refractivity contribution in [3.05, 3.63) is 0 Å². The summed E-state index contributed by atoms with van der Waals surface area (Å²) in [7, 11) is 1.08. The highest BCUT2D eigenvalue weighted by Crippen LogP contribution is 2.22. The molecule has 0 N–H and O–H groups in total. The molecule has 0 rings (SSSR count). The van der Waals surface area contributed by atoms with Gasteiger partial charge in [-0.3, -0.25) is 0 Å². The summed E-state index contributed by atoms with van der Waals surface area (Å²) in [6.07, 6.45) is 3.69. The quantitative estimate of drug-likeness (QED) is 0.348. The molecule has 0 spiro atoms. The average Bonchev–Trinajstić information content (AvgIpc) is 2.24. The van der Waals surface area contributed by atoms with E-state index in [-0.39, 0.29) is 0 Å². The Morgan fingerprint density at radius 2 is 2.00 bits per heavy atom. The van der Waals surface area contributed by atoms with Crippen LogP contribution in [-0.2, 0) is 8.85 Å². The second-order valence-corrected chi connectivity index (χ2v) is 8.46. The van der Waals surface area contributed by atoms with Crippen molar-refractivity contribution in [3.8, 4) is 0 Å². The largest absolute Gasteiger partial charge is 0.398 e. The Morgan fingerprint density at radius 3 is 2.43 bits per heavy atom. The van der Waals surface area contributed by atoms with Gasteiger partial charge in [-0.05, 0) is 37.8 Å². The Balaban J connectivity index is 3.94. The van der Waals surface area contributed by atoms with Gasteiger partial charge in [0.05, 0.1) is 0 Å². The maximum atomic E-state index is 5.94. The minimum Gasteiger partial charge on any atom is -0.398 e. The standard InChI is InChI=1S/C10H25O2PSi/c1-5-8-12-14(6-2,11-3)10-7-9-13-4/h13H,5-10H2,1-4H3. The van der Waals surface area contributed by atoms with Gasteiger partial charge in [-0.1, -0.05) is 13.8 Å². The second-order valence-electron chi connectivity index (χ2n) is 3.52. The molecule has 2 atom stereocenters. The summed E-state index contributed by atoms with van der Waals surface area (Å²) in [5.41, 5.74) is 0. The molecule has 0 aliphatic heterocycles. The lowest BCUT2D eigenvalue weighted by Crippen LogP contribution is -2.40. The van der Waals surface area contributed by atoms with Gasteiger partial charge in [-0.2, -0.15) is 0 Å². The Morgan fingerprint density at radius 1 is 1.29 bits per heavy atom. The van der Waals surface area contributed by atoms with Crippen LogP contribution in [0.25, 0.3) is 0 Å². The molecule has 0 fully saturated rings. The van der Waals surface area contributed by atoms with Crippen molar-refractivity contribution in [2.45, 2.75) is 38.8 Å². The van der Waals surface area contributed by atoms with Gasteiger partial charge >= 0.3 is 8.56 Å². The minimum absolute atomic E-state index is 0.863. The SMILES string of the molecule is CCCO[Si](CC)(CCCPC)OC. The molecule has 14 heavy (non-hydrogen) atoms. The molecular weight excluding hydrogens is 211 g/mol. The molecular formula is C10H25O2PSi. The van der Waals surface area contributed by atoms with Crippen molar-refractivity contribution in [2.75, 3.05) is 26.5 Å². The molecule has 0 saturated carbocycles. The number of hydrogen-bond acceptors (Lipinski definition) is 2. The van der Waals surface area contributed by atoms with Crippen LogP contribution in [0.2, 0.25) is 12.1 Å². The van der Waals surface area contributed by atoms with E-state index in [9.17, 15) is 0 Å². The van der Waals surface area contributed by atoms with Gasteiger partial charge in [0.1, 0.15) is 0 Å². The van der Waals surface area contributed by atoms with Crippen molar-refractivity contribution < 1.29 is 8.85 Å². The maximum absolute atomic E-state index is 5.94. The Kier molecular flexibility index (Phi) is 9.20. The van der Waals surface area contributed by atoms with Crippen LogP contribution in [0.3, 0.4) is 0 Å². The summed E-state index contributed by atoms with van der Waals surface area (Å²) in [5.74, 6) is 0. The third-order valence-electron chi connectivity index (χ3n) is 2.46. The third-order valence-corrected chi connectivity index (χ3v) is 6.98. The summed E-state index contributed by atoms with van der Waals surface area (Å²) in [6, 6.07) is 2.25. The van der Waals surface area contributed by atoms with Crippen LogP contribution in [0.15, 0.2) is 0 Å². The van der Waals surface area contributed by atoms with Crippen LogP contribution in [0.1, 0.15) is 26.7 Å². The van der Waals surface area contributed by atoms with Gasteiger partial charge in [0.25, 0.3) is 0 Å². The van der Waals surface area contributed by atoms with E-state index < -0.39 is 8.56 Å². The molecule has 0 bridgehead atoms. The molecule has 2 unspecified atom stereocenters. The normalized spacial score (nSPS) is 16.3. The molecule has 0 aliphatic rings. The molecule has 2 nitrogen and oxygen atoms in total. The van der Waals surface area contributed by atoms with Gasteiger partial charge in [0.2, 0.25) is 0 Å². The van der Waals surface area contributed by atoms with Gasteiger partial charge < -0.3 is 8.85 Å². The zero-order valence-corrected chi connectivity index (χ0v) is 12.1. The molecule has 86 valence electrons. The van der Waals surface area contributed by atoms with Crippen LogP contribution in [0.4, 0.5) is 0 Å². The molecule has 0 heterocycles. The van der Waals surface area contributed by atoms with Crippen LogP contribution >= 0.6 is 8.58 Å². The average molecular weight is 236 g/mol. The lowest BCUT2D eigenvalue weighted by atomic mass is 10.5. The summed E-state index contributed by atoms with van der Waals surface area (Å²) >= 11 is 0. The first-order valence-electron chi connectivity index (χ1n) is 5.58. The predicted molar refractivity (Wildman–Crippen MR) is 68.0 cm³/mol. The summed E-state index contributed by atoms with van der Waals surface area (Å²) in [5, 5.41) is 0. The van der Waals surface area contributed by atoms with E-state index in [1.54, 1.807) is 0 Å². The summed E-state index contributed by atoms with van der Waals surface area (Å²) in [4.78, 5) is 0. The zero-order chi connectivity index (χ0) is 10.9. The lowest BCUT2D eigenvalue weighted by Gasteiger charge is -2.27. The van der Waals surface area contributed by atoms with Crippen LogP contribution in [0, 0.1) is 0 Å². The van der Waals surface area contributed by atoms with Crippen molar-refractivity contribution in [3.63, 3.8) is 0 Å². The molecule has 0 aromatic carbocycles. The zero-order valence-electron chi connectivity index (χ0n) is 10.1. The molecule has 4 heteroatoms. The topological polar surface area (TPSA) is 18.5 Å². The highest BCUT2D eigenvalue weighted by atomic mass is 31.1. The molecule has 0 amide bonds. The lowest BCUT2D eigenvalue weighted by molar-refractivity contribution is 0.199. The highest BCUT2D eigenvalue weighted by Gasteiger charge is 2.33. The molecule has 0 radical (unpaired) electrons.